The molecule has 0 aliphatic carbocycles. The summed E-state index contributed by atoms with van der Waals surface area (Å²) in [6.45, 7) is 3.33. The van der Waals surface area contributed by atoms with Gasteiger partial charge in [-0.05, 0) is 38.1 Å². The maximum absolute atomic E-state index is 13.4. The van der Waals surface area contributed by atoms with Crippen LogP contribution in [0.4, 0.5) is 0 Å². The van der Waals surface area contributed by atoms with E-state index in [0.717, 1.165) is 5.01 Å². The molecule has 2 aromatic carbocycles. The van der Waals surface area contributed by atoms with Crippen LogP contribution in [0, 0.1) is 13.8 Å². The van der Waals surface area contributed by atoms with Crippen LogP contribution in [0.5, 0.6) is 11.5 Å². The van der Waals surface area contributed by atoms with Gasteiger partial charge in [0, 0.05) is 0 Å². The lowest BCUT2D eigenvalue weighted by atomic mass is 10.1. The van der Waals surface area contributed by atoms with Gasteiger partial charge in [0.25, 0.3) is 11.8 Å². The van der Waals surface area contributed by atoms with Crippen molar-refractivity contribution in [3.05, 3.63) is 71.3 Å². The zero-order valence-electron chi connectivity index (χ0n) is 16.0. The van der Waals surface area contributed by atoms with Crippen molar-refractivity contribution in [2.75, 3.05) is 19.2 Å². The number of methoxy groups -OCH3 is 2. The first kappa shape index (κ1) is 19.1. The second-order valence-electron chi connectivity index (χ2n) is 5.93. The Morgan fingerprint density at radius 2 is 1.18 bits per heavy atom. The van der Waals surface area contributed by atoms with Crippen LogP contribution in [0.25, 0.3) is 0 Å². The summed E-state index contributed by atoms with van der Waals surface area (Å²) >= 11 is 0. The van der Waals surface area contributed by atoms with Crippen LogP contribution in [-0.4, -0.2) is 40.9 Å². The van der Waals surface area contributed by atoms with Crippen LogP contribution >= 0.6 is 0 Å². The number of hydrogen-bond acceptors (Lipinski definition) is 6. The van der Waals surface area contributed by atoms with Crippen molar-refractivity contribution in [2.24, 2.45) is 0 Å². The summed E-state index contributed by atoms with van der Waals surface area (Å²) in [6, 6.07) is 13.4. The number of benzene rings is 2. The Kier molecular flexibility index (Phi) is 5.39. The highest BCUT2D eigenvalue weighted by Crippen LogP contribution is 2.24. The molecule has 0 N–H and O–H groups in total. The Bertz CT molecular complexity index is 950. The molecule has 0 radical (unpaired) electrons. The van der Waals surface area contributed by atoms with Crippen LogP contribution in [0.2, 0.25) is 0 Å². The monoisotopic (exact) mass is 380 g/mol. The molecule has 8 heteroatoms. The van der Waals surface area contributed by atoms with Gasteiger partial charge in [-0.1, -0.05) is 24.3 Å². The molecule has 1 aromatic heterocycles. The van der Waals surface area contributed by atoms with E-state index in [1.165, 1.54) is 18.9 Å². The van der Waals surface area contributed by atoms with Crippen LogP contribution in [0.15, 0.2) is 48.5 Å². The molecule has 3 aromatic rings. The number of ether oxygens (including phenoxy) is 2. The number of carbonyl (C=O) groups excluding carboxylic acids is 2. The number of hydrogen-bond donors (Lipinski definition) is 0. The summed E-state index contributed by atoms with van der Waals surface area (Å²) in [5.74, 6) is 0.356. The summed E-state index contributed by atoms with van der Waals surface area (Å²) in [6.07, 6.45) is 0. The lowest BCUT2D eigenvalue weighted by molar-refractivity contribution is 0.0850. The third-order valence-electron chi connectivity index (χ3n) is 4.21. The summed E-state index contributed by atoms with van der Waals surface area (Å²) in [4.78, 5) is 26.9. The number of imide groups is 1. The predicted molar refractivity (Wildman–Crippen MR) is 102 cm³/mol. The van der Waals surface area contributed by atoms with Gasteiger partial charge < -0.3 is 9.47 Å². The minimum Gasteiger partial charge on any atom is -0.496 e. The standard InChI is InChI=1S/C20H20N4O4/c1-13-21-22-14(2)23(13)24(19(25)15-9-5-7-11-17(15)27-3)20(26)16-10-6-8-12-18(16)28-4/h5-12H,1-4H3. The van der Waals surface area contributed by atoms with E-state index in [1.807, 2.05) is 0 Å². The van der Waals surface area contributed by atoms with Gasteiger partial charge >= 0.3 is 0 Å². The minimum atomic E-state index is -0.570. The fourth-order valence-electron chi connectivity index (χ4n) is 2.90. The van der Waals surface area contributed by atoms with Crippen molar-refractivity contribution < 1.29 is 19.1 Å². The van der Waals surface area contributed by atoms with E-state index in [-0.39, 0.29) is 11.1 Å². The van der Waals surface area contributed by atoms with Crippen LogP contribution in [-0.2, 0) is 0 Å². The maximum Gasteiger partial charge on any atom is 0.284 e. The highest BCUT2D eigenvalue weighted by atomic mass is 16.5. The molecule has 0 aliphatic heterocycles. The summed E-state index contributed by atoms with van der Waals surface area (Å²) < 4.78 is 12.0. The molecular formula is C20H20N4O4. The van der Waals surface area contributed by atoms with E-state index in [0.29, 0.717) is 23.1 Å². The number of carbonyl (C=O) groups is 2. The fourth-order valence-corrected chi connectivity index (χ4v) is 2.90. The number of amides is 2. The molecule has 0 atom stereocenters. The third-order valence-corrected chi connectivity index (χ3v) is 4.21. The normalized spacial score (nSPS) is 10.4. The molecule has 0 unspecified atom stereocenters. The number of rotatable bonds is 5. The molecule has 0 saturated carbocycles. The van der Waals surface area contributed by atoms with E-state index in [9.17, 15) is 9.59 Å². The number of para-hydroxylation sites is 2. The van der Waals surface area contributed by atoms with Gasteiger partial charge in [0.05, 0.1) is 25.3 Å². The Balaban J connectivity index is 2.19. The molecule has 28 heavy (non-hydrogen) atoms. The second-order valence-corrected chi connectivity index (χ2v) is 5.93. The lowest BCUT2D eigenvalue weighted by Crippen LogP contribution is -2.46. The van der Waals surface area contributed by atoms with Gasteiger partial charge in [0.15, 0.2) is 0 Å². The van der Waals surface area contributed by atoms with Crippen molar-refractivity contribution in [1.29, 1.82) is 0 Å². The topological polar surface area (TPSA) is 86.5 Å². The smallest absolute Gasteiger partial charge is 0.284 e. The Labute approximate surface area is 162 Å². The van der Waals surface area contributed by atoms with Crippen molar-refractivity contribution in [1.82, 2.24) is 14.9 Å². The van der Waals surface area contributed by atoms with Gasteiger partial charge in [-0.25, -0.2) is 4.68 Å². The van der Waals surface area contributed by atoms with Crippen molar-refractivity contribution in [2.45, 2.75) is 13.8 Å². The summed E-state index contributed by atoms with van der Waals surface area (Å²) in [5.41, 5.74) is 0.474. The van der Waals surface area contributed by atoms with Crippen molar-refractivity contribution >= 4 is 11.8 Å². The molecule has 0 spiro atoms. The Hall–Kier alpha value is -3.68. The molecular weight excluding hydrogens is 360 g/mol. The fraction of sp³-hybridized carbons (Fsp3) is 0.200. The average Bonchev–Trinajstić information content (AvgIpc) is 3.06. The van der Waals surface area contributed by atoms with Crippen LogP contribution < -0.4 is 14.5 Å². The van der Waals surface area contributed by atoms with Gasteiger partial charge in [-0.15, -0.1) is 10.2 Å². The molecule has 3 rings (SSSR count). The van der Waals surface area contributed by atoms with E-state index >= 15 is 0 Å². The second kappa shape index (κ2) is 7.91. The lowest BCUT2D eigenvalue weighted by Gasteiger charge is -2.24. The van der Waals surface area contributed by atoms with Crippen molar-refractivity contribution in [3.63, 3.8) is 0 Å². The summed E-state index contributed by atoms with van der Waals surface area (Å²) in [7, 11) is 2.93. The van der Waals surface area contributed by atoms with Gasteiger partial charge in [-0.2, -0.15) is 5.01 Å². The average molecular weight is 380 g/mol. The maximum atomic E-state index is 13.4. The Morgan fingerprint density at radius 3 is 1.57 bits per heavy atom. The molecule has 0 fully saturated rings. The highest BCUT2D eigenvalue weighted by molar-refractivity contribution is 6.22. The highest BCUT2D eigenvalue weighted by Gasteiger charge is 2.32. The molecule has 0 bridgehead atoms. The zero-order valence-corrected chi connectivity index (χ0v) is 16.0. The first-order valence-corrected chi connectivity index (χ1v) is 8.53. The van der Waals surface area contributed by atoms with Crippen LogP contribution in [0.3, 0.4) is 0 Å². The molecule has 1 heterocycles. The molecule has 0 aliphatic rings. The molecule has 0 saturated heterocycles. The number of aryl methyl sites for hydroxylation is 2. The van der Waals surface area contributed by atoms with E-state index < -0.39 is 11.8 Å². The van der Waals surface area contributed by atoms with E-state index in [4.69, 9.17) is 9.47 Å². The third kappa shape index (κ3) is 3.32. The SMILES string of the molecule is COc1ccccc1C(=O)N(C(=O)c1ccccc1OC)n1c(C)nnc1C. The minimum absolute atomic E-state index is 0.237. The number of nitrogens with zero attached hydrogens (tertiary/aromatic N) is 4. The quantitative estimate of drug-likeness (QED) is 0.632. The van der Waals surface area contributed by atoms with E-state index in [2.05, 4.69) is 10.2 Å². The van der Waals surface area contributed by atoms with Gasteiger partial charge in [0.1, 0.15) is 23.1 Å². The Morgan fingerprint density at radius 1 is 0.786 bits per heavy atom. The molecule has 8 nitrogen and oxygen atoms in total. The van der Waals surface area contributed by atoms with Crippen molar-refractivity contribution in [3.8, 4) is 11.5 Å². The molecule has 144 valence electrons. The first-order valence-electron chi connectivity index (χ1n) is 8.53. The van der Waals surface area contributed by atoms with E-state index in [1.54, 1.807) is 62.4 Å². The largest absolute Gasteiger partial charge is 0.496 e. The van der Waals surface area contributed by atoms with Gasteiger partial charge in [-0.3, -0.25) is 9.59 Å². The molecule has 2 amide bonds. The summed E-state index contributed by atoms with van der Waals surface area (Å²) in [5, 5.41) is 8.96. The first-order chi connectivity index (χ1) is 13.5. The zero-order chi connectivity index (χ0) is 20.3. The predicted octanol–water partition coefficient (Wildman–Crippen LogP) is 2.53. The number of aromatic nitrogens is 3. The van der Waals surface area contributed by atoms with Gasteiger partial charge in [0.2, 0.25) is 0 Å². The van der Waals surface area contributed by atoms with Crippen LogP contribution in [0.1, 0.15) is 32.4 Å².